The van der Waals surface area contributed by atoms with E-state index >= 15 is 0 Å². The van der Waals surface area contributed by atoms with Crippen LogP contribution in [0.1, 0.15) is 0 Å². The van der Waals surface area contributed by atoms with Crippen LogP contribution in [0.4, 0.5) is 13.2 Å². The Balaban J connectivity index is 1.67. The van der Waals surface area contributed by atoms with Crippen LogP contribution in [0.5, 0.6) is 0 Å². The fourth-order valence-corrected chi connectivity index (χ4v) is 4.57. The molecular weight excluding hydrogens is 586 g/mol. The fourth-order valence-electron chi connectivity index (χ4n) is 3.51. The Labute approximate surface area is 191 Å². The second kappa shape index (κ2) is 8.75. The van der Waals surface area contributed by atoms with Gasteiger partial charge in [-0.2, -0.15) is 21.6 Å². The van der Waals surface area contributed by atoms with Crippen molar-refractivity contribution in [2.24, 2.45) is 11.8 Å². The van der Waals surface area contributed by atoms with Gasteiger partial charge in [0.05, 0.1) is 3.58 Å². The molecule has 6 unspecified atom stereocenters. The van der Waals surface area contributed by atoms with E-state index in [0.717, 1.165) is 0 Å². The van der Waals surface area contributed by atoms with E-state index in [2.05, 4.69) is 10.8 Å². The number of fused-ring (bicyclic) bond motifs is 1. The van der Waals surface area contributed by atoms with Crippen LogP contribution in [-0.4, -0.2) is 76.0 Å². The molecule has 3 rings (SSSR count). The smallest absolute Gasteiger partial charge is 0.462 e. The van der Waals surface area contributed by atoms with Gasteiger partial charge in [-0.25, -0.2) is 13.7 Å². The minimum Gasteiger partial charge on any atom is -0.462 e. The summed E-state index contributed by atoms with van der Waals surface area (Å²) in [7, 11) is -5.31. The molecule has 12 nitrogen and oxygen atoms in total. The number of hydrogen-bond acceptors (Lipinski definition) is 11. The highest BCUT2D eigenvalue weighted by Gasteiger charge is 2.72. The van der Waals surface area contributed by atoms with Gasteiger partial charge in [0.15, 0.2) is 6.10 Å². The van der Waals surface area contributed by atoms with E-state index in [-0.39, 0.29) is 10.2 Å². The normalized spacial score (nSPS) is 30.6. The number of amides is 1. The topological polar surface area (TPSA) is 161 Å². The fraction of sp³-hybridized carbons (Fsp3) is 0.600. The number of halogens is 4. The Morgan fingerprint density at radius 2 is 1.75 bits per heavy atom. The van der Waals surface area contributed by atoms with Crippen molar-refractivity contribution < 1.29 is 63.9 Å². The van der Waals surface area contributed by atoms with Gasteiger partial charge in [-0.1, -0.05) is 6.58 Å². The Hall–Kier alpha value is -1.99. The number of esters is 3. The van der Waals surface area contributed by atoms with Crippen LogP contribution >= 0.6 is 22.6 Å². The SMILES string of the molecule is C=C(I)C(=O)OCCOC(=O)C1C2OC3C(OC(=O)C31)C2OS(=O)(=O)NC(=O)C(F)(F)F. The van der Waals surface area contributed by atoms with E-state index in [9.17, 15) is 40.8 Å². The minimum absolute atomic E-state index is 0.0778. The Bertz CT molecular complexity index is 968. The molecule has 1 N–H and O–H groups in total. The van der Waals surface area contributed by atoms with E-state index in [1.807, 2.05) is 0 Å². The Kier molecular flexibility index (Phi) is 6.74. The maximum atomic E-state index is 12.5. The zero-order valence-corrected chi connectivity index (χ0v) is 18.5. The first-order valence-corrected chi connectivity index (χ1v) is 11.1. The number of ether oxygens (including phenoxy) is 4. The molecule has 3 aliphatic rings. The lowest BCUT2D eigenvalue weighted by Gasteiger charge is -2.26. The average molecular weight is 599 g/mol. The third-order valence-corrected chi connectivity index (χ3v) is 6.02. The van der Waals surface area contributed by atoms with Gasteiger partial charge in [-0.15, -0.1) is 0 Å². The first-order chi connectivity index (χ1) is 14.7. The van der Waals surface area contributed by atoms with Gasteiger partial charge in [0.1, 0.15) is 43.4 Å². The molecular formula is C15H13F3INO11S. The summed E-state index contributed by atoms with van der Waals surface area (Å²) in [6.45, 7) is 2.58. The molecule has 178 valence electrons. The first kappa shape index (κ1) is 24.6. The second-order valence-corrected chi connectivity index (χ2v) is 9.28. The van der Waals surface area contributed by atoms with Gasteiger partial charge in [0.2, 0.25) is 0 Å². The molecule has 32 heavy (non-hydrogen) atoms. The molecule has 1 amide bonds. The molecule has 0 aromatic carbocycles. The summed E-state index contributed by atoms with van der Waals surface area (Å²) in [5, 5.41) is 0. The van der Waals surface area contributed by atoms with Crippen molar-refractivity contribution in [3.05, 3.63) is 10.2 Å². The maximum absolute atomic E-state index is 12.5. The summed E-state index contributed by atoms with van der Waals surface area (Å²) in [6.07, 6.45) is -11.1. The highest BCUT2D eigenvalue weighted by atomic mass is 127. The molecule has 0 aliphatic carbocycles. The van der Waals surface area contributed by atoms with Gasteiger partial charge in [-0.3, -0.25) is 14.4 Å². The largest absolute Gasteiger partial charge is 0.472 e. The molecule has 2 bridgehead atoms. The summed E-state index contributed by atoms with van der Waals surface area (Å²) >= 11 is 1.62. The van der Waals surface area contributed by atoms with Gasteiger partial charge < -0.3 is 18.9 Å². The molecule has 0 aromatic rings. The predicted molar refractivity (Wildman–Crippen MR) is 98.6 cm³/mol. The van der Waals surface area contributed by atoms with Gasteiger partial charge in [0, 0.05) is 0 Å². The van der Waals surface area contributed by atoms with E-state index in [1.54, 1.807) is 22.6 Å². The number of rotatable bonds is 8. The van der Waals surface area contributed by atoms with Crippen LogP contribution in [0, 0.1) is 11.8 Å². The lowest BCUT2D eigenvalue weighted by atomic mass is 9.78. The minimum atomic E-state index is -5.51. The van der Waals surface area contributed by atoms with Crippen molar-refractivity contribution >= 4 is 56.7 Å². The summed E-state index contributed by atoms with van der Waals surface area (Å²) in [5.74, 6) is -8.05. The highest BCUT2D eigenvalue weighted by Crippen LogP contribution is 2.51. The third kappa shape index (κ3) is 4.84. The summed E-state index contributed by atoms with van der Waals surface area (Å²) < 4.78 is 86.1. The average Bonchev–Trinajstić information content (AvgIpc) is 3.27. The Morgan fingerprint density at radius 3 is 2.34 bits per heavy atom. The molecule has 3 saturated heterocycles. The van der Waals surface area contributed by atoms with Crippen molar-refractivity contribution in [1.29, 1.82) is 0 Å². The maximum Gasteiger partial charge on any atom is 0.472 e. The highest BCUT2D eigenvalue weighted by molar-refractivity contribution is 14.1. The van der Waals surface area contributed by atoms with E-state index in [1.165, 1.54) is 0 Å². The molecule has 3 aliphatic heterocycles. The van der Waals surface area contributed by atoms with Crippen molar-refractivity contribution in [2.75, 3.05) is 13.2 Å². The Morgan fingerprint density at radius 1 is 1.12 bits per heavy atom. The van der Waals surface area contributed by atoms with Crippen LogP contribution in [-0.2, 0) is 52.6 Å². The number of carbonyl (C=O) groups excluding carboxylic acids is 4. The molecule has 0 spiro atoms. The quantitative estimate of drug-likeness (QED) is 0.123. The predicted octanol–water partition coefficient (Wildman–Crippen LogP) is -0.731. The van der Waals surface area contributed by atoms with Gasteiger partial charge in [0.25, 0.3) is 0 Å². The lowest BCUT2D eigenvalue weighted by molar-refractivity contribution is -0.171. The van der Waals surface area contributed by atoms with E-state index in [4.69, 9.17) is 18.9 Å². The zero-order valence-electron chi connectivity index (χ0n) is 15.5. The van der Waals surface area contributed by atoms with Crippen molar-refractivity contribution in [3.63, 3.8) is 0 Å². The molecule has 0 saturated carbocycles. The number of alkyl halides is 3. The number of carbonyl (C=O) groups is 4. The van der Waals surface area contributed by atoms with Crippen LogP contribution in [0.25, 0.3) is 0 Å². The second-order valence-electron chi connectivity index (χ2n) is 6.67. The molecule has 0 radical (unpaired) electrons. The number of nitrogens with one attached hydrogen (secondary N) is 1. The summed E-state index contributed by atoms with van der Waals surface area (Å²) in [4.78, 5) is 46.8. The van der Waals surface area contributed by atoms with Crippen molar-refractivity contribution in [1.82, 2.24) is 4.72 Å². The van der Waals surface area contributed by atoms with E-state index < -0.39 is 83.2 Å². The van der Waals surface area contributed by atoms with Crippen LogP contribution < -0.4 is 4.72 Å². The first-order valence-electron chi connectivity index (χ1n) is 8.59. The molecule has 3 fully saturated rings. The summed E-state index contributed by atoms with van der Waals surface area (Å²) in [5.41, 5.74) is 0. The van der Waals surface area contributed by atoms with Crippen molar-refractivity contribution in [3.8, 4) is 0 Å². The summed E-state index contributed by atoms with van der Waals surface area (Å²) in [6, 6.07) is 0. The van der Waals surface area contributed by atoms with E-state index in [0.29, 0.717) is 4.72 Å². The monoisotopic (exact) mass is 599 g/mol. The third-order valence-electron chi connectivity index (χ3n) is 4.67. The van der Waals surface area contributed by atoms with Gasteiger partial charge >= 0.3 is 40.3 Å². The van der Waals surface area contributed by atoms with Crippen LogP contribution in [0.15, 0.2) is 10.2 Å². The molecule has 3 heterocycles. The molecule has 17 heteroatoms. The standard InChI is InChI=1S/C15H13F3INO11S/c1-4(19)11(21)27-2-3-28-12(22)5-6-7-9(30-13(6)23)10(8(5)29-7)31-32(25,26)20-14(24)15(16,17)18/h5-10H,1-3H2,(H,20,24). The van der Waals surface area contributed by atoms with Gasteiger partial charge in [-0.05, 0) is 22.6 Å². The van der Waals surface area contributed by atoms with Crippen molar-refractivity contribution in [2.45, 2.75) is 30.6 Å². The van der Waals surface area contributed by atoms with Crippen LogP contribution in [0.3, 0.4) is 0 Å². The lowest BCUT2D eigenvalue weighted by Crippen LogP contribution is -2.50. The molecule has 0 aromatic heterocycles. The van der Waals surface area contributed by atoms with Crippen LogP contribution in [0.2, 0.25) is 0 Å². The molecule has 6 atom stereocenters. The zero-order chi connectivity index (χ0) is 24.0. The number of hydrogen-bond donors (Lipinski definition) is 1.